The Balaban J connectivity index is 1.14. The molecule has 0 heterocycles. The van der Waals surface area contributed by atoms with E-state index in [9.17, 15) is 5.11 Å². The minimum Gasteiger partial charge on any atom is -0.497 e. The SMILES string of the molecule is COc1ccc(C(C)(O)c2ccc(Oc3ccc(C4(c5ccc(C)cc5)c5cc6ccccc6cc5-c5cc6ccccc6cc54)cc3)cc2)cc1. The van der Waals surface area contributed by atoms with Crippen LogP contribution >= 0.6 is 0 Å². The van der Waals surface area contributed by atoms with Gasteiger partial charge >= 0.3 is 0 Å². The monoisotopic (exact) mass is 674 g/mol. The van der Waals surface area contributed by atoms with Crippen LogP contribution in [0.5, 0.6) is 17.2 Å². The van der Waals surface area contributed by atoms with Crippen molar-refractivity contribution < 1.29 is 14.6 Å². The van der Waals surface area contributed by atoms with E-state index in [1.807, 2.05) is 48.5 Å². The third-order valence-corrected chi connectivity index (χ3v) is 10.9. The van der Waals surface area contributed by atoms with Crippen LogP contribution in [0.4, 0.5) is 0 Å². The van der Waals surface area contributed by atoms with Crippen molar-refractivity contribution in [3.63, 3.8) is 0 Å². The van der Waals surface area contributed by atoms with Gasteiger partial charge < -0.3 is 14.6 Å². The van der Waals surface area contributed by atoms with Crippen molar-refractivity contribution in [2.24, 2.45) is 0 Å². The van der Waals surface area contributed by atoms with Crippen molar-refractivity contribution in [1.82, 2.24) is 0 Å². The van der Waals surface area contributed by atoms with Crippen molar-refractivity contribution >= 4 is 21.5 Å². The molecule has 0 spiro atoms. The van der Waals surface area contributed by atoms with Crippen molar-refractivity contribution in [2.45, 2.75) is 24.9 Å². The van der Waals surface area contributed by atoms with E-state index in [0.717, 1.165) is 22.6 Å². The van der Waals surface area contributed by atoms with Crippen LogP contribution in [0.2, 0.25) is 0 Å². The van der Waals surface area contributed by atoms with Gasteiger partial charge in [0.25, 0.3) is 0 Å². The average Bonchev–Trinajstić information content (AvgIpc) is 3.45. The minimum absolute atomic E-state index is 0.542. The molecule has 52 heavy (non-hydrogen) atoms. The number of aliphatic hydroxyl groups is 1. The van der Waals surface area contributed by atoms with Crippen LogP contribution < -0.4 is 9.47 Å². The molecule has 0 amide bonds. The molecule has 3 nitrogen and oxygen atoms in total. The first-order valence-electron chi connectivity index (χ1n) is 17.7. The number of methoxy groups -OCH3 is 1. The zero-order valence-corrected chi connectivity index (χ0v) is 29.4. The summed E-state index contributed by atoms with van der Waals surface area (Å²) >= 11 is 0. The standard InChI is InChI=1S/C49H38O3/c1-32-12-14-39(15-13-32)49(46-30-35-10-6-4-8-33(35)28-44(46)45-29-34-9-5-7-11-36(34)31-47(45)49)40-20-26-43(27-21-40)52-42-24-18-38(19-25-42)48(2,50)37-16-22-41(51-3)23-17-37/h4-31,50H,1-3H3. The first-order valence-corrected chi connectivity index (χ1v) is 17.7. The lowest BCUT2D eigenvalue weighted by Crippen LogP contribution is -2.28. The smallest absolute Gasteiger partial charge is 0.127 e. The van der Waals surface area contributed by atoms with Gasteiger partial charge in [0.2, 0.25) is 0 Å². The molecular weight excluding hydrogens is 637 g/mol. The Morgan fingerprint density at radius 3 is 1.31 bits per heavy atom. The lowest BCUT2D eigenvalue weighted by Gasteiger charge is -2.34. The fourth-order valence-corrected chi connectivity index (χ4v) is 8.12. The molecule has 1 aliphatic rings. The van der Waals surface area contributed by atoms with E-state index in [0.29, 0.717) is 5.75 Å². The van der Waals surface area contributed by atoms with Gasteiger partial charge in [-0.15, -0.1) is 0 Å². The molecule has 252 valence electrons. The van der Waals surface area contributed by atoms with E-state index in [1.54, 1.807) is 14.0 Å². The van der Waals surface area contributed by atoms with E-state index in [4.69, 9.17) is 9.47 Å². The van der Waals surface area contributed by atoms with Crippen LogP contribution in [-0.2, 0) is 11.0 Å². The first-order chi connectivity index (χ1) is 25.3. The van der Waals surface area contributed by atoms with Gasteiger partial charge in [0.05, 0.1) is 12.5 Å². The molecule has 1 atom stereocenters. The lowest BCUT2D eigenvalue weighted by atomic mass is 9.67. The van der Waals surface area contributed by atoms with Crippen molar-refractivity contribution in [3.05, 3.63) is 209 Å². The number of rotatable bonds is 7. The predicted molar refractivity (Wildman–Crippen MR) is 212 cm³/mol. The van der Waals surface area contributed by atoms with E-state index >= 15 is 0 Å². The summed E-state index contributed by atoms with van der Waals surface area (Å²) in [4.78, 5) is 0. The van der Waals surface area contributed by atoms with Gasteiger partial charge in [-0.3, -0.25) is 0 Å². The molecule has 0 bridgehead atoms. The van der Waals surface area contributed by atoms with E-state index in [1.165, 1.54) is 60.5 Å². The van der Waals surface area contributed by atoms with Crippen LogP contribution in [0.25, 0.3) is 32.7 Å². The number of benzene rings is 8. The molecule has 0 aliphatic heterocycles. The third-order valence-electron chi connectivity index (χ3n) is 10.9. The highest BCUT2D eigenvalue weighted by atomic mass is 16.5. The summed E-state index contributed by atoms with van der Waals surface area (Å²) in [5, 5.41) is 16.4. The molecule has 0 radical (unpaired) electrons. The van der Waals surface area contributed by atoms with Crippen molar-refractivity contribution in [2.75, 3.05) is 7.11 Å². The first kappa shape index (κ1) is 31.8. The van der Waals surface area contributed by atoms with Gasteiger partial charge in [-0.25, -0.2) is 0 Å². The van der Waals surface area contributed by atoms with Crippen LogP contribution in [-0.4, -0.2) is 12.2 Å². The summed E-state index contributed by atoms with van der Waals surface area (Å²) in [6.45, 7) is 3.95. The van der Waals surface area contributed by atoms with E-state index in [2.05, 4.69) is 128 Å². The molecule has 0 saturated carbocycles. The minimum atomic E-state index is -1.17. The highest BCUT2D eigenvalue weighted by molar-refractivity contribution is 6.00. The number of ether oxygens (including phenoxy) is 2. The largest absolute Gasteiger partial charge is 0.497 e. The van der Waals surface area contributed by atoms with Crippen molar-refractivity contribution in [3.8, 4) is 28.4 Å². The summed E-state index contributed by atoms with van der Waals surface area (Å²) in [7, 11) is 1.64. The Morgan fingerprint density at radius 2 is 0.865 bits per heavy atom. The summed E-state index contributed by atoms with van der Waals surface area (Å²) < 4.78 is 11.7. The molecule has 0 aromatic heterocycles. The van der Waals surface area contributed by atoms with Gasteiger partial charge in [0.1, 0.15) is 22.8 Å². The van der Waals surface area contributed by atoms with Crippen LogP contribution in [0.3, 0.4) is 0 Å². The average molecular weight is 675 g/mol. The maximum Gasteiger partial charge on any atom is 0.127 e. The fraction of sp³-hybridized carbons (Fsp3) is 0.102. The highest BCUT2D eigenvalue weighted by Crippen LogP contribution is 2.58. The van der Waals surface area contributed by atoms with Gasteiger partial charge in [-0.2, -0.15) is 0 Å². The predicted octanol–water partition coefficient (Wildman–Crippen LogP) is 11.7. The highest BCUT2D eigenvalue weighted by Gasteiger charge is 2.46. The van der Waals surface area contributed by atoms with E-state index in [-0.39, 0.29) is 0 Å². The number of hydrogen-bond donors (Lipinski definition) is 1. The normalized spacial score (nSPS) is 14.1. The second-order valence-electron chi connectivity index (χ2n) is 14.1. The maximum atomic E-state index is 11.4. The van der Waals surface area contributed by atoms with Crippen molar-refractivity contribution in [1.29, 1.82) is 0 Å². The third kappa shape index (κ3) is 5.08. The van der Waals surface area contributed by atoms with Gasteiger partial charge in [0, 0.05) is 0 Å². The van der Waals surface area contributed by atoms with Crippen LogP contribution in [0, 0.1) is 6.92 Å². The number of aryl methyl sites for hydroxylation is 1. The zero-order chi connectivity index (χ0) is 35.5. The molecule has 1 N–H and O–H groups in total. The van der Waals surface area contributed by atoms with E-state index < -0.39 is 11.0 Å². The Hall–Kier alpha value is -6.16. The molecule has 9 rings (SSSR count). The summed E-state index contributed by atoms with van der Waals surface area (Å²) in [6.07, 6.45) is 0. The Labute approximate surface area is 304 Å². The summed E-state index contributed by atoms with van der Waals surface area (Å²) in [5.74, 6) is 2.19. The number of fused-ring (bicyclic) bond motifs is 5. The zero-order valence-electron chi connectivity index (χ0n) is 29.4. The van der Waals surface area contributed by atoms with Gasteiger partial charge in [0.15, 0.2) is 0 Å². The number of hydrogen-bond acceptors (Lipinski definition) is 3. The Kier molecular flexibility index (Phi) is 7.50. The quantitative estimate of drug-likeness (QED) is 0.183. The molecule has 3 heteroatoms. The second-order valence-corrected chi connectivity index (χ2v) is 14.1. The lowest BCUT2D eigenvalue weighted by molar-refractivity contribution is 0.102. The molecule has 0 fully saturated rings. The Morgan fingerprint density at radius 1 is 0.481 bits per heavy atom. The molecule has 8 aromatic carbocycles. The second kappa shape index (κ2) is 12.3. The molecular formula is C49H38O3. The molecule has 1 unspecified atom stereocenters. The Bertz CT molecular complexity index is 2500. The maximum absolute atomic E-state index is 11.4. The van der Waals surface area contributed by atoms with Gasteiger partial charge in [-0.1, -0.05) is 115 Å². The van der Waals surface area contributed by atoms with Crippen LogP contribution in [0.15, 0.2) is 170 Å². The molecule has 1 aliphatic carbocycles. The topological polar surface area (TPSA) is 38.7 Å². The molecule has 8 aromatic rings. The van der Waals surface area contributed by atoms with Crippen LogP contribution in [0.1, 0.15) is 45.9 Å². The summed E-state index contributed by atoms with van der Waals surface area (Å²) in [5.41, 5.74) is 8.61. The molecule has 0 saturated heterocycles. The summed E-state index contributed by atoms with van der Waals surface area (Å²) in [6, 6.07) is 59.7. The fourth-order valence-electron chi connectivity index (χ4n) is 8.12. The van der Waals surface area contributed by atoms with Gasteiger partial charge in [-0.05, 0) is 141 Å².